The summed E-state index contributed by atoms with van der Waals surface area (Å²) in [6, 6.07) is 7.85. The van der Waals surface area contributed by atoms with Crippen LogP contribution in [-0.4, -0.2) is 121 Å². The van der Waals surface area contributed by atoms with Gasteiger partial charge in [-0.05, 0) is 12.5 Å². The number of phosphoric acid groups is 2. The smallest absolute Gasteiger partial charge is 0.387 e. The number of aliphatic hydroxyl groups is 2. The number of hydrogen-bond donors (Lipinski definition) is 8. The second-order valence-electron chi connectivity index (χ2n) is 12.6. The van der Waals surface area contributed by atoms with Crippen molar-refractivity contribution in [3.05, 3.63) is 64.7 Å². The zero-order chi connectivity index (χ0) is 39.2. The summed E-state index contributed by atoms with van der Waals surface area (Å²) in [4.78, 5) is 65.2. The minimum Gasteiger partial charge on any atom is -0.387 e. The van der Waals surface area contributed by atoms with E-state index in [1.807, 2.05) is 31.2 Å². The van der Waals surface area contributed by atoms with E-state index in [0.717, 1.165) is 22.0 Å². The van der Waals surface area contributed by atoms with Gasteiger partial charge in [0.25, 0.3) is 5.56 Å². The molecule has 2 aliphatic heterocycles. The molecule has 9 N–H and O–H groups in total. The number of anilines is 2. The minimum absolute atomic E-state index is 0.0629. The predicted octanol–water partition coefficient (Wildman–Crippen LogP) is -0.395. The van der Waals surface area contributed by atoms with Crippen LogP contribution < -0.4 is 16.6 Å². The fourth-order valence-corrected chi connectivity index (χ4v) is 7.67. The molecular weight excluding hydrogens is 774 g/mol. The number of rotatable bonds is 14. The van der Waals surface area contributed by atoms with Gasteiger partial charge in [-0.25, -0.2) is 29.1 Å². The Hall–Kier alpha value is -4.26. The normalized spacial score (nSPS) is 26.9. The van der Waals surface area contributed by atoms with Gasteiger partial charge < -0.3 is 50.2 Å². The topological polar surface area (TPSA) is 336 Å². The van der Waals surface area contributed by atoms with Gasteiger partial charge in [0.15, 0.2) is 40.6 Å². The second-order valence-corrected chi connectivity index (χ2v) is 15.2. The van der Waals surface area contributed by atoms with Crippen molar-refractivity contribution in [1.29, 1.82) is 0 Å². The highest BCUT2D eigenvalue weighted by molar-refractivity contribution is 7.47. The molecule has 6 heterocycles. The van der Waals surface area contributed by atoms with E-state index in [1.54, 1.807) is 0 Å². The molecule has 9 atom stereocenters. The van der Waals surface area contributed by atoms with Gasteiger partial charge in [0.05, 0.1) is 25.9 Å². The van der Waals surface area contributed by atoms with Crippen LogP contribution in [-0.2, 0) is 43.5 Å². The van der Waals surface area contributed by atoms with Crippen molar-refractivity contribution in [3.8, 4) is 0 Å². The van der Waals surface area contributed by atoms with Gasteiger partial charge >= 0.3 is 15.6 Å². The predicted molar refractivity (Wildman–Crippen MR) is 186 cm³/mol. The van der Waals surface area contributed by atoms with Crippen LogP contribution in [0.15, 0.2) is 48.0 Å². The summed E-state index contributed by atoms with van der Waals surface area (Å²) in [5, 5.41) is 24.7. The van der Waals surface area contributed by atoms with E-state index in [9.17, 15) is 38.8 Å². The minimum atomic E-state index is -5.16. The van der Waals surface area contributed by atoms with E-state index >= 15 is 0 Å². The number of nitrogen functional groups attached to an aromatic ring is 1. The van der Waals surface area contributed by atoms with Crippen LogP contribution >= 0.6 is 15.6 Å². The molecule has 0 bridgehead atoms. The molecule has 5 unspecified atom stereocenters. The van der Waals surface area contributed by atoms with Gasteiger partial charge in [0.1, 0.15) is 43.0 Å². The summed E-state index contributed by atoms with van der Waals surface area (Å²) in [7, 11) is -8.98. The molecule has 55 heavy (non-hydrogen) atoms. The molecule has 2 saturated heterocycles. The summed E-state index contributed by atoms with van der Waals surface area (Å²) < 4.78 is 60.4. The quantitative estimate of drug-likeness (QED) is 0.0662. The first-order chi connectivity index (χ1) is 26.1. The maximum Gasteiger partial charge on any atom is 0.472 e. The standard InChI is InChI=1S/C29H36N10O14P2/c1-13-4-3-5-14(6-13)7-31-23-17-24(33-10-32-23)38(11-34-17)28-22(48-2)21(16(52-28)9-49-54(43,44)45)53-55(46,47)50-8-15-19(40)20(41)27(51-15)39-12-35-18-25(39)36-29(30)37-26(18)42/h3-6,10-12,15-16,19-22,27-28,40-41H,7-9H2,1-2H3,(H,46,47)(H,31,32,33)(H2,43,44,45)(H3,30,36,37,42)/t15-,16-,19?,20?,21?,22?,27-,28-/m1/s1. The Morgan fingerprint density at radius 2 is 1.64 bits per heavy atom. The lowest BCUT2D eigenvalue weighted by molar-refractivity contribution is -0.0582. The Kier molecular flexibility index (Phi) is 10.9. The van der Waals surface area contributed by atoms with Crippen LogP contribution in [0.4, 0.5) is 11.8 Å². The van der Waals surface area contributed by atoms with Crippen LogP contribution in [0.5, 0.6) is 0 Å². The van der Waals surface area contributed by atoms with Gasteiger partial charge in [-0.3, -0.25) is 32.5 Å². The van der Waals surface area contributed by atoms with Gasteiger partial charge in [0, 0.05) is 13.7 Å². The zero-order valence-corrected chi connectivity index (χ0v) is 30.6. The van der Waals surface area contributed by atoms with Crippen LogP contribution in [0.1, 0.15) is 23.6 Å². The Bertz CT molecular complexity index is 2340. The van der Waals surface area contributed by atoms with Crippen LogP contribution in [0.2, 0.25) is 0 Å². The van der Waals surface area contributed by atoms with E-state index in [-0.39, 0.29) is 22.8 Å². The molecule has 24 nitrogen and oxygen atoms in total. The lowest BCUT2D eigenvalue weighted by atomic mass is 10.1. The molecule has 2 fully saturated rings. The Labute approximate surface area is 309 Å². The first kappa shape index (κ1) is 39.0. The highest BCUT2D eigenvalue weighted by atomic mass is 31.2. The van der Waals surface area contributed by atoms with E-state index in [2.05, 4.69) is 39.7 Å². The largest absolute Gasteiger partial charge is 0.472 e. The molecule has 5 aromatic rings. The molecule has 0 saturated carbocycles. The maximum absolute atomic E-state index is 13.4. The number of aromatic nitrogens is 8. The van der Waals surface area contributed by atoms with Gasteiger partial charge in [-0.15, -0.1) is 0 Å². The maximum atomic E-state index is 13.4. The van der Waals surface area contributed by atoms with Crippen molar-refractivity contribution in [1.82, 2.24) is 39.0 Å². The Morgan fingerprint density at radius 3 is 2.36 bits per heavy atom. The van der Waals surface area contributed by atoms with Gasteiger partial charge in [0.2, 0.25) is 5.95 Å². The molecule has 0 radical (unpaired) electrons. The first-order valence-electron chi connectivity index (χ1n) is 16.4. The van der Waals surface area contributed by atoms with Crippen LogP contribution in [0.25, 0.3) is 22.3 Å². The molecule has 0 spiro atoms. The number of H-pyrrole nitrogens is 1. The SMILES string of the molecule is COC1C(OP(=O)(O)OC[C@H]2O[C@@H](n3cnc4c(=O)[nH]c(N)nc43)C(O)C2O)[C@@H](COP(=O)(O)O)O[C@H]1n1cnc2c(NCc3cccc(C)c3)ncnc21. The number of nitrogens with one attached hydrogen (secondary N) is 2. The number of nitrogens with two attached hydrogens (primary N) is 1. The third-order valence-corrected chi connectivity index (χ3v) is 10.3. The summed E-state index contributed by atoms with van der Waals surface area (Å²) in [5.74, 6) is 0.145. The molecule has 0 amide bonds. The van der Waals surface area contributed by atoms with E-state index in [1.165, 1.54) is 24.3 Å². The van der Waals surface area contributed by atoms with Gasteiger partial charge in [-0.1, -0.05) is 29.8 Å². The number of benzene rings is 1. The number of phosphoric ester groups is 2. The lowest BCUT2D eigenvalue weighted by Crippen LogP contribution is -2.38. The first-order valence-corrected chi connectivity index (χ1v) is 19.4. The highest BCUT2D eigenvalue weighted by Crippen LogP contribution is 2.50. The summed E-state index contributed by atoms with van der Waals surface area (Å²) >= 11 is 0. The number of aliphatic hydroxyl groups excluding tert-OH is 2. The van der Waals surface area contributed by atoms with Crippen molar-refractivity contribution in [2.75, 3.05) is 31.4 Å². The number of ether oxygens (including phenoxy) is 3. The van der Waals surface area contributed by atoms with Crippen molar-refractivity contribution in [2.45, 2.75) is 62.5 Å². The Morgan fingerprint density at radius 1 is 0.927 bits per heavy atom. The number of imidazole rings is 2. The van der Waals surface area contributed by atoms with Crippen molar-refractivity contribution in [2.24, 2.45) is 0 Å². The molecular formula is C29H36N10O14P2. The van der Waals surface area contributed by atoms with Crippen LogP contribution in [0.3, 0.4) is 0 Å². The highest BCUT2D eigenvalue weighted by Gasteiger charge is 2.52. The fraction of sp³-hybridized carbons (Fsp3) is 0.448. The number of nitrogens with zero attached hydrogens (tertiary/aromatic N) is 7. The molecule has 7 rings (SSSR count). The average molecular weight is 811 g/mol. The molecule has 296 valence electrons. The van der Waals surface area contributed by atoms with Crippen molar-refractivity contribution < 1.29 is 61.8 Å². The van der Waals surface area contributed by atoms with Crippen molar-refractivity contribution >= 4 is 49.7 Å². The summed E-state index contributed by atoms with van der Waals surface area (Å²) in [6.45, 7) is 0.751. The molecule has 4 aromatic heterocycles. The van der Waals surface area contributed by atoms with E-state index in [0.29, 0.717) is 17.9 Å². The number of hydrogen-bond acceptors (Lipinski definition) is 18. The van der Waals surface area contributed by atoms with Crippen molar-refractivity contribution in [3.63, 3.8) is 0 Å². The molecule has 2 aliphatic rings. The summed E-state index contributed by atoms with van der Waals surface area (Å²) in [6.07, 6.45) is -7.82. The van der Waals surface area contributed by atoms with Crippen LogP contribution in [0, 0.1) is 6.92 Å². The second kappa shape index (κ2) is 15.3. The molecule has 0 aliphatic carbocycles. The fourth-order valence-electron chi connectivity index (χ4n) is 6.37. The number of aromatic amines is 1. The average Bonchev–Trinajstić information content (AvgIpc) is 3.89. The summed E-state index contributed by atoms with van der Waals surface area (Å²) in [5.41, 5.74) is 7.45. The lowest BCUT2D eigenvalue weighted by Gasteiger charge is -2.26. The van der Waals surface area contributed by atoms with E-state index < -0.39 is 83.5 Å². The number of methoxy groups -OCH3 is 1. The molecule has 1 aromatic carbocycles. The number of fused-ring (bicyclic) bond motifs is 2. The zero-order valence-electron chi connectivity index (χ0n) is 28.8. The molecule has 26 heteroatoms. The Balaban J connectivity index is 1.08. The third kappa shape index (κ3) is 8.18. The van der Waals surface area contributed by atoms with E-state index in [4.69, 9.17) is 29.0 Å². The number of aryl methyl sites for hydroxylation is 1. The van der Waals surface area contributed by atoms with Gasteiger partial charge in [-0.2, -0.15) is 4.98 Å². The monoisotopic (exact) mass is 810 g/mol. The third-order valence-electron chi connectivity index (χ3n) is 8.86.